The fourth-order valence-electron chi connectivity index (χ4n) is 5.95. The lowest BCUT2D eigenvalue weighted by molar-refractivity contribution is 0.0697. The highest BCUT2D eigenvalue weighted by molar-refractivity contribution is 5.87. The van der Waals surface area contributed by atoms with Crippen molar-refractivity contribution in [3.05, 3.63) is 112 Å². The summed E-state index contributed by atoms with van der Waals surface area (Å²) in [6, 6.07) is 23.7. The standard InChI is InChI=1S/C26H20O3/c27-24(28)17-11-9-16(10-12-17)23-25(21-13-18-5-1-2-6-19(18)14-21)15-20-7-3-4-8-22(20)26(23,25)29/h1-13,23,29H,14-15H2,(H,27,28). The van der Waals surface area contributed by atoms with E-state index in [9.17, 15) is 15.0 Å². The Labute approximate surface area is 169 Å². The molecule has 3 aromatic carbocycles. The van der Waals surface area contributed by atoms with Crippen LogP contribution in [0.4, 0.5) is 0 Å². The Balaban J connectivity index is 1.50. The molecule has 0 heterocycles. The SMILES string of the molecule is O=C(O)c1ccc(C2C3(C4=Cc5ccccc5C4)Cc4ccccc4C23O)cc1. The van der Waals surface area contributed by atoms with E-state index >= 15 is 0 Å². The Morgan fingerprint density at radius 2 is 1.59 bits per heavy atom. The van der Waals surface area contributed by atoms with Gasteiger partial charge in [-0.15, -0.1) is 0 Å². The van der Waals surface area contributed by atoms with E-state index in [1.165, 1.54) is 22.3 Å². The number of benzene rings is 3. The summed E-state index contributed by atoms with van der Waals surface area (Å²) < 4.78 is 0. The van der Waals surface area contributed by atoms with Gasteiger partial charge in [0.25, 0.3) is 0 Å². The second kappa shape index (κ2) is 5.46. The largest absolute Gasteiger partial charge is 0.478 e. The van der Waals surface area contributed by atoms with Crippen molar-refractivity contribution >= 4 is 12.0 Å². The molecule has 0 radical (unpaired) electrons. The highest BCUT2D eigenvalue weighted by atomic mass is 16.4. The van der Waals surface area contributed by atoms with Gasteiger partial charge in [-0.3, -0.25) is 0 Å². The molecule has 3 aliphatic rings. The molecule has 3 atom stereocenters. The molecule has 1 fully saturated rings. The minimum absolute atomic E-state index is 0.0618. The van der Waals surface area contributed by atoms with Crippen LogP contribution in [0.3, 0.4) is 0 Å². The molecule has 3 heteroatoms. The van der Waals surface area contributed by atoms with Crippen LogP contribution in [0.15, 0.2) is 78.4 Å². The van der Waals surface area contributed by atoms with Crippen molar-refractivity contribution in [3.8, 4) is 0 Å². The van der Waals surface area contributed by atoms with Crippen molar-refractivity contribution < 1.29 is 15.0 Å². The molecular weight excluding hydrogens is 360 g/mol. The summed E-state index contributed by atoms with van der Waals surface area (Å²) in [7, 11) is 0. The Hall–Kier alpha value is -3.17. The van der Waals surface area contributed by atoms with Crippen LogP contribution >= 0.6 is 0 Å². The van der Waals surface area contributed by atoms with Crippen LogP contribution in [-0.2, 0) is 18.4 Å². The molecule has 3 nitrogen and oxygen atoms in total. The lowest BCUT2D eigenvalue weighted by atomic mass is 9.85. The third-order valence-corrected chi connectivity index (χ3v) is 7.23. The summed E-state index contributed by atoms with van der Waals surface area (Å²) in [5.74, 6) is -0.992. The van der Waals surface area contributed by atoms with E-state index in [0.29, 0.717) is 0 Å². The zero-order chi connectivity index (χ0) is 19.8. The third kappa shape index (κ3) is 1.98. The fraction of sp³-hybridized carbons (Fsp3) is 0.192. The second-order valence-electron chi connectivity index (χ2n) is 8.48. The highest BCUT2D eigenvalue weighted by Crippen LogP contribution is 2.81. The van der Waals surface area contributed by atoms with E-state index in [1.54, 1.807) is 12.1 Å². The molecule has 3 aromatic rings. The molecule has 0 spiro atoms. The van der Waals surface area contributed by atoms with Gasteiger partial charge < -0.3 is 10.2 Å². The summed E-state index contributed by atoms with van der Waals surface area (Å²) in [4.78, 5) is 11.3. The van der Waals surface area contributed by atoms with Crippen LogP contribution in [0.1, 0.15) is 44.1 Å². The number of aromatic carboxylic acids is 1. The van der Waals surface area contributed by atoms with Crippen LogP contribution in [0.5, 0.6) is 0 Å². The number of carboxylic acids is 1. The number of carbonyl (C=O) groups is 1. The minimum Gasteiger partial charge on any atom is -0.478 e. The molecule has 6 rings (SSSR count). The molecule has 3 unspecified atom stereocenters. The highest BCUT2D eigenvalue weighted by Gasteiger charge is 2.81. The summed E-state index contributed by atoms with van der Waals surface area (Å²) >= 11 is 0. The quantitative estimate of drug-likeness (QED) is 0.701. The molecule has 0 aromatic heterocycles. The Morgan fingerprint density at radius 1 is 0.897 bits per heavy atom. The van der Waals surface area contributed by atoms with Crippen LogP contribution in [0, 0.1) is 5.41 Å². The first-order valence-electron chi connectivity index (χ1n) is 9.98. The molecule has 0 saturated heterocycles. The Morgan fingerprint density at radius 3 is 2.31 bits per heavy atom. The fourth-order valence-corrected chi connectivity index (χ4v) is 5.95. The maximum atomic E-state index is 12.0. The molecule has 0 aliphatic heterocycles. The molecule has 2 N–H and O–H groups in total. The maximum Gasteiger partial charge on any atom is 0.335 e. The molecule has 0 bridgehead atoms. The van der Waals surface area contributed by atoms with Gasteiger partial charge in [0.2, 0.25) is 0 Å². The molecule has 1 saturated carbocycles. The summed E-state index contributed by atoms with van der Waals surface area (Å²) in [5.41, 5.74) is 6.03. The molecule has 0 amide bonds. The van der Waals surface area contributed by atoms with Gasteiger partial charge in [-0.2, -0.15) is 0 Å². The van der Waals surface area contributed by atoms with E-state index < -0.39 is 11.6 Å². The number of hydrogen-bond acceptors (Lipinski definition) is 2. The van der Waals surface area contributed by atoms with E-state index in [0.717, 1.165) is 24.0 Å². The van der Waals surface area contributed by atoms with Crippen LogP contribution in [0.25, 0.3) is 6.08 Å². The zero-order valence-electron chi connectivity index (χ0n) is 15.8. The average molecular weight is 380 g/mol. The third-order valence-electron chi connectivity index (χ3n) is 7.23. The minimum atomic E-state index is -0.942. The lowest BCUT2D eigenvalue weighted by Gasteiger charge is -2.17. The molecule has 3 aliphatic carbocycles. The van der Waals surface area contributed by atoms with Crippen molar-refractivity contribution in [3.63, 3.8) is 0 Å². The Bertz CT molecular complexity index is 1210. The number of rotatable bonds is 3. The van der Waals surface area contributed by atoms with Gasteiger partial charge in [-0.25, -0.2) is 4.79 Å². The lowest BCUT2D eigenvalue weighted by Crippen LogP contribution is -2.15. The first-order valence-corrected chi connectivity index (χ1v) is 9.98. The van der Waals surface area contributed by atoms with Crippen LogP contribution < -0.4 is 0 Å². The van der Waals surface area contributed by atoms with E-state index in [4.69, 9.17) is 0 Å². The van der Waals surface area contributed by atoms with E-state index in [-0.39, 0.29) is 16.9 Å². The number of hydrogen-bond donors (Lipinski definition) is 2. The van der Waals surface area contributed by atoms with Gasteiger partial charge in [0, 0.05) is 11.3 Å². The smallest absolute Gasteiger partial charge is 0.335 e. The normalized spacial score (nSPS) is 28.3. The van der Waals surface area contributed by atoms with Gasteiger partial charge in [0.15, 0.2) is 0 Å². The number of carboxylic acid groups (broad SMARTS) is 1. The molecule has 142 valence electrons. The predicted molar refractivity (Wildman–Crippen MR) is 111 cm³/mol. The van der Waals surface area contributed by atoms with Crippen LogP contribution in [0.2, 0.25) is 0 Å². The topological polar surface area (TPSA) is 57.5 Å². The summed E-state index contributed by atoms with van der Waals surface area (Å²) in [6.45, 7) is 0. The van der Waals surface area contributed by atoms with Gasteiger partial charge in [0.05, 0.1) is 5.56 Å². The first kappa shape index (κ1) is 16.8. The second-order valence-corrected chi connectivity index (χ2v) is 8.48. The van der Waals surface area contributed by atoms with Crippen molar-refractivity contribution in [2.24, 2.45) is 5.41 Å². The monoisotopic (exact) mass is 380 g/mol. The first-order chi connectivity index (χ1) is 14.1. The van der Waals surface area contributed by atoms with Crippen molar-refractivity contribution in [1.29, 1.82) is 0 Å². The molecule has 29 heavy (non-hydrogen) atoms. The maximum absolute atomic E-state index is 12.0. The van der Waals surface area contributed by atoms with E-state index in [1.807, 2.05) is 30.3 Å². The number of aliphatic hydroxyl groups is 1. The van der Waals surface area contributed by atoms with Gasteiger partial charge in [-0.05, 0) is 52.8 Å². The zero-order valence-corrected chi connectivity index (χ0v) is 15.8. The predicted octanol–water partition coefficient (Wildman–Crippen LogP) is 4.55. The Kier molecular flexibility index (Phi) is 3.15. The summed E-state index contributed by atoms with van der Waals surface area (Å²) in [5, 5.41) is 21.3. The average Bonchev–Trinajstić information content (AvgIpc) is 3.02. The van der Waals surface area contributed by atoms with Crippen molar-refractivity contribution in [2.45, 2.75) is 24.4 Å². The van der Waals surface area contributed by atoms with Crippen molar-refractivity contribution in [1.82, 2.24) is 0 Å². The molecular formula is C26H20O3. The van der Waals surface area contributed by atoms with Crippen LogP contribution in [-0.4, -0.2) is 16.2 Å². The number of fused-ring (bicyclic) bond motifs is 4. The van der Waals surface area contributed by atoms with Gasteiger partial charge in [-0.1, -0.05) is 72.3 Å². The van der Waals surface area contributed by atoms with E-state index in [2.05, 4.69) is 36.4 Å². The van der Waals surface area contributed by atoms with Gasteiger partial charge in [0.1, 0.15) is 5.60 Å². The van der Waals surface area contributed by atoms with Gasteiger partial charge >= 0.3 is 5.97 Å². The van der Waals surface area contributed by atoms with Crippen molar-refractivity contribution in [2.75, 3.05) is 0 Å². The summed E-state index contributed by atoms with van der Waals surface area (Å²) in [6.07, 6.45) is 3.93.